The number of amides is 2. The van der Waals surface area contributed by atoms with Crippen molar-refractivity contribution in [2.45, 2.75) is 6.42 Å². The second-order valence-corrected chi connectivity index (χ2v) is 3.89. The van der Waals surface area contributed by atoms with Crippen molar-refractivity contribution in [2.24, 2.45) is 0 Å². The molecule has 0 atom stereocenters. The highest BCUT2D eigenvalue weighted by molar-refractivity contribution is 5.76. The fourth-order valence-electron chi connectivity index (χ4n) is 1.77. The number of hydrogen-bond donors (Lipinski definition) is 1. The van der Waals surface area contributed by atoms with Gasteiger partial charge in [-0.05, 0) is 12.0 Å². The lowest BCUT2D eigenvalue weighted by molar-refractivity contribution is -0.384. The maximum Gasteiger partial charge on any atom is 0.317 e. The summed E-state index contributed by atoms with van der Waals surface area (Å²) in [5, 5.41) is 13.2. The Morgan fingerprint density at radius 2 is 2.06 bits per heavy atom. The molecule has 6 heteroatoms. The van der Waals surface area contributed by atoms with Crippen molar-refractivity contribution in [3.8, 4) is 0 Å². The number of nitrogens with zero attached hydrogens (tertiary/aromatic N) is 2. The van der Waals surface area contributed by atoms with Crippen molar-refractivity contribution in [2.75, 3.05) is 19.6 Å². The van der Waals surface area contributed by atoms with Crippen molar-refractivity contribution in [3.05, 3.63) is 39.9 Å². The molecule has 0 aromatic heterocycles. The van der Waals surface area contributed by atoms with Gasteiger partial charge in [-0.25, -0.2) is 4.79 Å². The van der Waals surface area contributed by atoms with E-state index in [4.69, 9.17) is 0 Å². The van der Waals surface area contributed by atoms with Crippen LogP contribution in [0.2, 0.25) is 0 Å². The van der Waals surface area contributed by atoms with Gasteiger partial charge in [0.2, 0.25) is 0 Å². The summed E-state index contributed by atoms with van der Waals surface area (Å²) < 4.78 is 0. The topological polar surface area (TPSA) is 75.5 Å². The number of nitrogens with one attached hydrogen (secondary N) is 1. The molecule has 1 aromatic carbocycles. The number of non-ortho nitro benzene ring substituents is 1. The summed E-state index contributed by atoms with van der Waals surface area (Å²) >= 11 is 0. The van der Waals surface area contributed by atoms with Crippen LogP contribution in [0, 0.1) is 10.1 Å². The molecule has 17 heavy (non-hydrogen) atoms. The number of benzene rings is 1. The van der Waals surface area contributed by atoms with Crippen molar-refractivity contribution in [3.63, 3.8) is 0 Å². The van der Waals surface area contributed by atoms with Gasteiger partial charge < -0.3 is 10.2 Å². The Hall–Kier alpha value is -2.11. The molecule has 1 N–H and O–H groups in total. The summed E-state index contributed by atoms with van der Waals surface area (Å²) in [6.45, 7) is 2.06. The zero-order chi connectivity index (χ0) is 12.3. The molecule has 0 unspecified atom stereocenters. The molecular formula is C11H13N3O3. The normalized spacial score (nSPS) is 14.8. The lowest BCUT2D eigenvalue weighted by atomic mass is 10.1. The molecule has 6 nitrogen and oxygen atoms in total. The van der Waals surface area contributed by atoms with Gasteiger partial charge in [0, 0.05) is 31.8 Å². The molecule has 0 spiro atoms. The van der Waals surface area contributed by atoms with Crippen LogP contribution in [0.25, 0.3) is 0 Å². The predicted molar refractivity (Wildman–Crippen MR) is 61.8 cm³/mol. The van der Waals surface area contributed by atoms with E-state index in [0.29, 0.717) is 19.5 Å². The van der Waals surface area contributed by atoms with Gasteiger partial charge in [0.1, 0.15) is 0 Å². The Morgan fingerprint density at radius 3 is 2.59 bits per heavy atom. The van der Waals surface area contributed by atoms with Crippen LogP contribution in [0.15, 0.2) is 24.3 Å². The number of carbonyl (C=O) groups is 1. The fourth-order valence-corrected chi connectivity index (χ4v) is 1.77. The molecule has 1 aliphatic heterocycles. The van der Waals surface area contributed by atoms with E-state index in [0.717, 1.165) is 12.1 Å². The van der Waals surface area contributed by atoms with Gasteiger partial charge in [-0.1, -0.05) is 12.1 Å². The fraction of sp³-hybridized carbons (Fsp3) is 0.364. The van der Waals surface area contributed by atoms with Crippen molar-refractivity contribution < 1.29 is 9.72 Å². The average molecular weight is 235 g/mol. The highest BCUT2D eigenvalue weighted by atomic mass is 16.6. The molecule has 0 radical (unpaired) electrons. The second-order valence-electron chi connectivity index (χ2n) is 3.89. The van der Waals surface area contributed by atoms with E-state index in [2.05, 4.69) is 5.32 Å². The first kappa shape index (κ1) is 11.4. The second kappa shape index (κ2) is 4.82. The van der Waals surface area contributed by atoms with Crippen molar-refractivity contribution in [1.29, 1.82) is 0 Å². The van der Waals surface area contributed by atoms with E-state index in [1.165, 1.54) is 12.1 Å². The number of nitro groups is 1. The van der Waals surface area contributed by atoms with Crippen LogP contribution in [0.3, 0.4) is 0 Å². The highest BCUT2D eigenvalue weighted by Crippen LogP contribution is 2.12. The molecule has 1 aliphatic rings. The Labute approximate surface area is 98.4 Å². The minimum atomic E-state index is -0.419. The van der Waals surface area contributed by atoms with Gasteiger partial charge in [-0.15, -0.1) is 0 Å². The van der Waals surface area contributed by atoms with Crippen LogP contribution in [-0.4, -0.2) is 35.5 Å². The van der Waals surface area contributed by atoms with E-state index in [-0.39, 0.29) is 11.7 Å². The number of hydrogen-bond acceptors (Lipinski definition) is 3. The van der Waals surface area contributed by atoms with Crippen molar-refractivity contribution >= 4 is 11.7 Å². The monoisotopic (exact) mass is 235 g/mol. The Bertz CT molecular complexity index is 430. The molecule has 90 valence electrons. The van der Waals surface area contributed by atoms with E-state index in [1.54, 1.807) is 17.0 Å². The van der Waals surface area contributed by atoms with Crippen LogP contribution in [0.5, 0.6) is 0 Å². The minimum Gasteiger partial charge on any atom is -0.336 e. The third-order valence-corrected chi connectivity index (χ3v) is 2.76. The summed E-state index contributed by atoms with van der Waals surface area (Å²) in [4.78, 5) is 23.0. The van der Waals surface area contributed by atoms with Crippen LogP contribution in [-0.2, 0) is 6.42 Å². The molecule has 1 aromatic rings. The van der Waals surface area contributed by atoms with Gasteiger partial charge in [0.05, 0.1) is 4.92 Å². The summed E-state index contributed by atoms with van der Waals surface area (Å²) in [5.41, 5.74) is 1.09. The quantitative estimate of drug-likeness (QED) is 0.628. The molecule has 2 amide bonds. The van der Waals surface area contributed by atoms with E-state index in [9.17, 15) is 14.9 Å². The third-order valence-electron chi connectivity index (χ3n) is 2.76. The summed E-state index contributed by atoms with van der Waals surface area (Å²) in [7, 11) is 0. The number of urea groups is 1. The molecule has 0 saturated carbocycles. The molecule has 0 bridgehead atoms. The first-order valence-electron chi connectivity index (χ1n) is 5.43. The number of rotatable bonds is 4. The zero-order valence-electron chi connectivity index (χ0n) is 9.26. The number of nitro benzene ring substituents is 1. The first-order valence-corrected chi connectivity index (χ1v) is 5.43. The average Bonchev–Trinajstić information content (AvgIpc) is 2.73. The number of carbonyl (C=O) groups excluding carboxylic acids is 1. The smallest absolute Gasteiger partial charge is 0.317 e. The summed E-state index contributed by atoms with van der Waals surface area (Å²) in [6.07, 6.45) is 0.714. The zero-order valence-corrected chi connectivity index (χ0v) is 9.26. The lowest BCUT2D eigenvalue weighted by Gasteiger charge is -2.13. The maximum absolute atomic E-state index is 11.3. The van der Waals surface area contributed by atoms with Crippen LogP contribution in [0.4, 0.5) is 10.5 Å². The molecule has 1 heterocycles. The van der Waals surface area contributed by atoms with Crippen molar-refractivity contribution in [1.82, 2.24) is 10.2 Å². The molecule has 2 rings (SSSR count). The first-order chi connectivity index (χ1) is 8.16. The minimum absolute atomic E-state index is 0.0353. The maximum atomic E-state index is 11.3. The predicted octanol–water partition coefficient (Wildman–Crippen LogP) is 1.16. The van der Waals surface area contributed by atoms with Crippen LogP contribution < -0.4 is 5.32 Å². The summed E-state index contributed by atoms with van der Waals surface area (Å²) in [5.74, 6) is 0. The van der Waals surface area contributed by atoms with Gasteiger partial charge in [0.25, 0.3) is 5.69 Å². The third kappa shape index (κ3) is 2.72. The highest BCUT2D eigenvalue weighted by Gasteiger charge is 2.18. The standard InChI is InChI=1S/C11H13N3O3/c15-11-12-6-8-13(11)7-5-9-1-3-10(4-2-9)14(16)17/h1-4H,5-8H2,(H,12,15). The molecule has 0 aliphatic carbocycles. The Kier molecular flexibility index (Phi) is 3.22. The van der Waals surface area contributed by atoms with Crippen LogP contribution in [0.1, 0.15) is 5.56 Å². The van der Waals surface area contributed by atoms with Gasteiger partial charge >= 0.3 is 6.03 Å². The van der Waals surface area contributed by atoms with E-state index < -0.39 is 4.92 Å². The van der Waals surface area contributed by atoms with Gasteiger partial charge in [-0.2, -0.15) is 0 Å². The molecule has 1 fully saturated rings. The molecular weight excluding hydrogens is 222 g/mol. The summed E-state index contributed by atoms with van der Waals surface area (Å²) in [6, 6.07) is 6.39. The molecule has 1 saturated heterocycles. The SMILES string of the molecule is O=C1NCCN1CCc1ccc([N+](=O)[O-])cc1. The van der Waals surface area contributed by atoms with Gasteiger partial charge in [-0.3, -0.25) is 10.1 Å². The largest absolute Gasteiger partial charge is 0.336 e. The van der Waals surface area contributed by atoms with E-state index >= 15 is 0 Å². The van der Waals surface area contributed by atoms with Gasteiger partial charge in [0.15, 0.2) is 0 Å². The van der Waals surface area contributed by atoms with E-state index in [1.807, 2.05) is 0 Å². The van der Waals surface area contributed by atoms with Crippen LogP contribution >= 0.6 is 0 Å². The Morgan fingerprint density at radius 1 is 1.35 bits per heavy atom. The Balaban J connectivity index is 1.91. The lowest BCUT2D eigenvalue weighted by Crippen LogP contribution is -2.29.